The summed E-state index contributed by atoms with van der Waals surface area (Å²) in [7, 11) is 1.88. The van der Waals surface area contributed by atoms with Gasteiger partial charge in [0.25, 0.3) is 0 Å². The zero-order valence-electron chi connectivity index (χ0n) is 22.5. The van der Waals surface area contributed by atoms with Gasteiger partial charge in [0.1, 0.15) is 23.1 Å². The van der Waals surface area contributed by atoms with Crippen LogP contribution < -0.4 is 4.90 Å². The third kappa shape index (κ3) is 5.48. The van der Waals surface area contributed by atoms with Gasteiger partial charge in [-0.3, -0.25) is 4.98 Å². The van der Waals surface area contributed by atoms with Crippen LogP contribution >= 0.6 is 0 Å². The Morgan fingerprint density at radius 2 is 1.90 bits per heavy atom. The van der Waals surface area contributed by atoms with Crippen molar-refractivity contribution in [1.82, 2.24) is 24.5 Å². The molecule has 0 spiro atoms. The molecular formula is C29H29F4N7. The number of imidazole rings is 1. The summed E-state index contributed by atoms with van der Waals surface area (Å²) in [6.07, 6.45) is 1.45. The van der Waals surface area contributed by atoms with Crippen molar-refractivity contribution in [3.05, 3.63) is 64.9 Å². The Kier molecular flexibility index (Phi) is 7.45. The molecule has 1 saturated carbocycles. The molecule has 4 aromatic rings. The zero-order valence-corrected chi connectivity index (χ0v) is 22.5. The lowest BCUT2D eigenvalue weighted by atomic mass is 9.83. The molecule has 1 aliphatic carbocycles. The summed E-state index contributed by atoms with van der Waals surface area (Å²) in [6, 6.07) is 8.69. The zero-order chi connectivity index (χ0) is 28.6. The van der Waals surface area contributed by atoms with Crippen LogP contribution in [0, 0.1) is 23.1 Å². The topological polar surface area (TPSA) is 83.5 Å². The summed E-state index contributed by atoms with van der Waals surface area (Å²) in [5.74, 6) is 0.342. The van der Waals surface area contributed by atoms with E-state index in [0.717, 1.165) is 24.1 Å². The number of anilines is 1. The van der Waals surface area contributed by atoms with E-state index in [9.17, 15) is 22.8 Å². The van der Waals surface area contributed by atoms with Crippen molar-refractivity contribution in [2.24, 2.45) is 5.92 Å². The number of aromatic nitrogens is 5. The third-order valence-corrected chi connectivity index (χ3v) is 7.50. The number of hydrogen-bond acceptors (Lipinski definition) is 6. The van der Waals surface area contributed by atoms with E-state index in [2.05, 4.69) is 15.0 Å². The molecule has 3 aromatic heterocycles. The first kappa shape index (κ1) is 27.5. The normalized spacial score (nSPS) is 14.0. The molecule has 0 aliphatic heterocycles. The summed E-state index contributed by atoms with van der Waals surface area (Å²) in [6.45, 7) is 4.78. The fourth-order valence-electron chi connectivity index (χ4n) is 4.94. The van der Waals surface area contributed by atoms with Crippen LogP contribution in [0.5, 0.6) is 0 Å². The Balaban J connectivity index is 1.68. The molecule has 0 N–H and O–H groups in total. The second-order valence-corrected chi connectivity index (χ2v) is 10.6. The van der Waals surface area contributed by atoms with Crippen LogP contribution in [0.1, 0.15) is 68.0 Å². The highest BCUT2D eigenvalue weighted by Crippen LogP contribution is 2.35. The first-order valence-electron chi connectivity index (χ1n) is 13.3. The minimum absolute atomic E-state index is 0.00674. The highest BCUT2D eigenvalue weighted by Gasteiger charge is 2.34. The third-order valence-electron chi connectivity index (χ3n) is 7.50. The lowest BCUT2D eigenvalue weighted by molar-refractivity contribution is -0.140. The lowest BCUT2D eigenvalue weighted by Gasteiger charge is -2.28. The Bertz CT molecular complexity index is 1580. The van der Waals surface area contributed by atoms with Gasteiger partial charge in [0.2, 0.25) is 5.82 Å². The summed E-state index contributed by atoms with van der Waals surface area (Å²) in [4.78, 5) is 20.1. The number of nitriles is 1. The quantitative estimate of drug-likeness (QED) is 0.226. The predicted octanol–water partition coefficient (Wildman–Crippen LogP) is 6.72. The highest BCUT2D eigenvalue weighted by atomic mass is 19.4. The second kappa shape index (κ2) is 10.8. The summed E-state index contributed by atoms with van der Waals surface area (Å²) in [5, 5.41) is 9.64. The summed E-state index contributed by atoms with van der Waals surface area (Å²) < 4.78 is 55.9. The smallest absolute Gasteiger partial charge is 0.358 e. The fourth-order valence-corrected chi connectivity index (χ4v) is 4.94. The van der Waals surface area contributed by atoms with Crippen molar-refractivity contribution in [2.45, 2.75) is 58.2 Å². The number of alkyl halides is 3. The molecule has 208 valence electrons. The van der Waals surface area contributed by atoms with E-state index in [-0.39, 0.29) is 23.9 Å². The van der Waals surface area contributed by atoms with Crippen LogP contribution in [0.25, 0.3) is 22.7 Å². The average Bonchev–Trinajstić information content (AvgIpc) is 3.24. The van der Waals surface area contributed by atoms with Gasteiger partial charge in [0.05, 0.1) is 12.1 Å². The molecular weight excluding hydrogens is 522 g/mol. The Hall–Kier alpha value is -4.07. The lowest BCUT2D eigenvalue weighted by Crippen LogP contribution is -2.25. The number of hydrogen-bond donors (Lipinski definition) is 0. The largest absolute Gasteiger partial charge is 0.419 e. The summed E-state index contributed by atoms with van der Waals surface area (Å²) >= 11 is 0. The molecule has 0 atom stereocenters. The van der Waals surface area contributed by atoms with Crippen molar-refractivity contribution in [2.75, 3.05) is 18.5 Å². The van der Waals surface area contributed by atoms with Gasteiger partial charge in [-0.15, -0.1) is 0 Å². The molecule has 1 aromatic carbocycles. The Morgan fingerprint density at radius 3 is 2.52 bits per heavy atom. The maximum Gasteiger partial charge on any atom is 0.419 e. The van der Waals surface area contributed by atoms with E-state index >= 15 is 0 Å². The number of rotatable bonds is 8. The van der Waals surface area contributed by atoms with Gasteiger partial charge in [-0.2, -0.15) is 28.4 Å². The fraction of sp³-hybridized carbons (Fsp3) is 0.414. The predicted molar refractivity (Wildman–Crippen MR) is 143 cm³/mol. The number of halogens is 4. The first-order chi connectivity index (χ1) is 19.0. The molecule has 0 saturated heterocycles. The van der Waals surface area contributed by atoms with Gasteiger partial charge < -0.3 is 9.47 Å². The van der Waals surface area contributed by atoms with Gasteiger partial charge in [-0.25, -0.2) is 9.37 Å². The van der Waals surface area contributed by atoms with E-state index in [4.69, 9.17) is 4.98 Å². The molecule has 7 nitrogen and oxygen atoms in total. The van der Waals surface area contributed by atoms with E-state index in [0.29, 0.717) is 40.9 Å². The van der Waals surface area contributed by atoms with Gasteiger partial charge in [0.15, 0.2) is 17.3 Å². The van der Waals surface area contributed by atoms with Crippen LogP contribution in [0.15, 0.2) is 36.5 Å². The number of benzene rings is 1. The molecule has 40 heavy (non-hydrogen) atoms. The maximum atomic E-state index is 14.5. The van der Waals surface area contributed by atoms with E-state index in [1.54, 1.807) is 10.8 Å². The van der Waals surface area contributed by atoms with Gasteiger partial charge in [-0.05, 0) is 53.6 Å². The maximum absolute atomic E-state index is 14.5. The molecule has 0 bridgehead atoms. The standard InChI is InChI=1S/C29H29F4N7/c1-17(2)20-9-11-35-23(14-20)27-38-26-25(40(27)16-19-7-8-21(22(30)13-19)29(31,32)33)28(37-24(15-34)36-26)39(3)12-10-18-5-4-6-18/h7-9,11,13-14,17-18H,4-6,10,12,16H2,1-3H3. The van der Waals surface area contributed by atoms with Crippen LogP contribution in [-0.2, 0) is 12.7 Å². The van der Waals surface area contributed by atoms with Crippen LogP contribution in [-0.4, -0.2) is 38.1 Å². The van der Waals surface area contributed by atoms with E-state index in [1.807, 2.05) is 44.0 Å². The van der Waals surface area contributed by atoms with Crippen molar-refractivity contribution >= 4 is 17.0 Å². The summed E-state index contributed by atoms with van der Waals surface area (Å²) in [5.41, 5.74) is 1.29. The van der Waals surface area contributed by atoms with E-state index < -0.39 is 17.6 Å². The van der Waals surface area contributed by atoms with Crippen molar-refractivity contribution in [1.29, 1.82) is 5.26 Å². The van der Waals surface area contributed by atoms with Crippen molar-refractivity contribution in [3.8, 4) is 17.6 Å². The SMILES string of the molecule is CC(C)c1ccnc(-c2nc3nc(C#N)nc(N(C)CCC4CCC4)c3n2Cc2ccc(C(F)(F)F)c(F)c2)c1. The molecule has 1 fully saturated rings. The van der Waals surface area contributed by atoms with Gasteiger partial charge in [0, 0.05) is 19.8 Å². The molecule has 0 radical (unpaired) electrons. The molecule has 3 heterocycles. The van der Waals surface area contributed by atoms with E-state index in [1.165, 1.54) is 25.3 Å². The molecule has 11 heteroatoms. The number of fused-ring (bicyclic) bond motifs is 1. The minimum atomic E-state index is -4.80. The van der Waals surface area contributed by atoms with Crippen LogP contribution in [0.2, 0.25) is 0 Å². The van der Waals surface area contributed by atoms with Crippen molar-refractivity contribution < 1.29 is 17.6 Å². The Morgan fingerprint density at radius 1 is 1.12 bits per heavy atom. The average molecular weight is 552 g/mol. The Labute approximate surface area is 229 Å². The first-order valence-corrected chi connectivity index (χ1v) is 13.3. The number of nitrogens with zero attached hydrogens (tertiary/aromatic N) is 7. The number of pyridine rings is 1. The minimum Gasteiger partial charge on any atom is -0.358 e. The molecule has 1 aliphatic rings. The molecule has 0 unspecified atom stereocenters. The van der Waals surface area contributed by atoms with Gasteiger partial charge >= 0.3 is 6.18 Å². The van der Waals surface area contributed by atoms with Gasteiger partial charge in [-0.1, -0.05) is 39.2 Å². The molecule has 0 amide bonds. The van der Waals surface area contributed by atoms with Crippen molar-refractivity contribution in [3.63, 3.8) is 0 Å². The second-order valence-electron chi connectivity index (χ2n) is 10.6. The van der Waals surface area contributed by atoms with Crippen LogP contribution in [0.4, 0.5) is 23.4 Å². The molecule has 5 rings (SSSR count). The monoisotopic (exact) mass is 551 g/mol. The van der Waals surface area contributed by atoms with Crippen LogP contribution in [0.3, 0.4) is 0 Å². The highest BCUT2D eigenvalue weighted by molar-refractivity contribution is 5.87.